The van der Waals surface area contributed by atoms with E-state index >= 15 is 0 Å². The molecule has 0 aliphatic heterocycles. The lowest BCUT2D eigenvalue weighted by atomic mass is 10.3. The third-order valence-corrected chi connectivity index (χ3v) is 1.47. The van der Waals surface area contributed by atoms with Crippen LogP contribution in [0.25, 0.3) is 0 Å². The lowest BCUT2D eigenvalue weighted by Crippen LogP contribution is -2.14. The van der Waals surface area contributed by atoms with Gasteiger partial charge in [-0.15, -0.1) is 0 Å². The number of hydrogen-bond acceptors (Lipinski definition) is 3. The Morgan fingerprint density at radius 2 is 2.25 bits per heavy atom. The summed E-state index contributed by atoms with van der Waals surface area (Å²) in [5, 5.41) is 8.73. The highest BCUT2D eigenvalue weighted by Gasteiger charge is 2.11. The molecule has 12 heavy (non-hydrogen) atoms. The zero-order chi connectivity index (χ0) is 9.14. The summed E-state index contributed by atoms with van der Waals surface area (Å²) < 4.78 is 0. The van der Waals surface area contributed by atoms with Gasteiger partial charge >= 0.3 is 5.97 Å². The Morgan fingerprint density at radius 3 is 2.67 bits per heavy atom. The van der Waals surface area contributed by atoms with Crippen LogP contribution in [0.4, 0.5) is 5.69 Å². The van der Waals surface area contributed by atoms with E-state index in [2.05, 4.69) is 4.98 Å². The van der Waals surface area contributed by atoms with Crippen molar-refractivity contribution in [2.75, 3.05) is 19.0 Å². The summed E-state index contributed by atoms with van der Waals surface area (Å²) in [5.41, 5.74) is 0.701. The fourth-order valence-electron chi connectivity index (χ4n) is 0.922. The number of nitrogens with zero attached hydrogens (tertiary/aromatic N) is 2. The molecule has 0 unspecified atom stereocenters. The van der Waals surface area contributed by atoms with Gasteiger partial charge < -0.3 is 10.0 Å². The number of aromatic nitrogens is 1. The molecule has 1 heterocycles. The predicted octanol–water partition coefficient (Wildman–Crippen LogP) is 0.846. The molecule has 0 aliphatic rings. The van der Waals surface area contributed by atoms with E-state index in [1.165, 1.54) is 6.20 Å². The molecule has 64 valence electrons. The zero-order valence-corrected chi connectivity index (χ0v) is 6.98. The SMILES string of the molecule is CN(C)c1cccnc1C(=O)O. The zero-order valence-electron chi connectivity index (χ0n) is 6.98. The Kier molecular flexibility index (Phi) is 2.28. The molecule has 4 nitrogen and oxygen atoms in total. The smallest absolute Gasteiger partial charge is 0.356 e. The van der Waals surface area contributed by atoms with Gasteiger partial charge in [-0.05, 0) is 12.1 Å². The largest absolute Gasteiger partial charge is 0.476 e. The van der Waals surface area contributed by atoms with Gasteiger partial charge in [0, 0.05) is 20.3 Å². The molecule has 0 aliphatic carbocycles. The Hall–Kier alpha value is -1.58. The van der Waals surface area contributed by atoms with Crippen molar-refractivity contribution in [2.24, 2.45) is 0 Å². The maximum Gasteiger partial charge on any atom is 0.356 e. The number of carboxylic acids is 1. The van der Waals surface area contributed by atoms with E-state index in [-0.39, 0.29) is 5.69 Å². The molecule has 0 saturated heterocycles. The molecular formula is C8H10N2O2. The van der Waals surface area contributed by atoms with E-state index in [1.54, 1.807) is 31.1 Å². The molecular weight excluding hydrogens is 156 g/mol. The normalized spacial score (nSPS) is 9.50. The van der Waals surface area contributed by atoms with Crippen molar-refractivity contribution in [3.05, 3.63) is 24.0 Å². The lowest BCUT2D eigenvalue weighted by Gasteiger charge is -2.13. The van der Waals surface area contributed by atoms with Gasteiger partial charge in [0.05, 0.1) is 5.69 Å². The fraction of sp³-hybridized carbons (Fsp3) is 0.250. The minimum Gasteiger partial charge on any atom is -0.476 e. The van der Waals surface area contributed by atoms with Gasteiger partial charge in [0.25, 0.3) is 0 Å². The molecule has 0 fully saturated rings. The van der Waals surface area contributed by atoms with Gasteiger partial charge in [-0.2, -0.15) is 0 Å². The minimum absolute atomic E-state index is 0.0856. The van der Waals surface area contributed by atoms with Crippen LogP contribution in [0.2, 0.25) is 0 Å². The summed E-state index contributed by atoms with van der Waals surface area (Å²) in [6.45, 7) is 0. The summed E-state index contributed by atoms with van der Waals surface area (Å²) in [6, 6.07) is 3.43. The first kappa shape index (κ1) is 8.52. The fourth-order valence-corrected chi connectivity index (χ4v) is 0.922. The predicted molar refractivity (Wildman–Crippen MR) is 45.5 cm³/mol. The van der Waals surface area contributed by atoms with Crippen molar-refractivity contribution >= 4 is 11.7 Å². The number of carboxylic acid groups (broad SMARTS) is 1. The first-order chi connectivity index (χ1) is 5.63. The highest BCUT2D eigenvalue weighted by molar-refractivity contribution is 5.91. The average molecular weight is 166 g/mol. The molecule has 0 amide bonds. The Balaban J connectivity index is 3.17. The molecule has 0 aromatic carbocycles. The highest BCUT2D eigenvalue weighted by atomic mass is 16.4. The standard InChI is InChI=1S/C8H10N2O2/c1-10(2)6-4-3-5-9-7(6)8(11)12/h3-5H,1-2H3,(H,11,12). The van der Waals surface area contributed by atoms with Crippen LogP contribution in [0.1, 0.15) is 10.5 Å². The number of pyridine rings is 1. The van der Waals surface area contributed by atoms with Gasteiger partial charge in [0.2, 0.25) is 0 Å². The minimum atomic E-state index is -1.00. The average Bonchev–Trinajstić information content (AvgIpc) is 2.04. The van der Waals surface area contributed by atoms with Crippen molar-refractivity contribution in [2.45, 2.75) is 0 Å². The summed E-state index contributed by atoms with van der Waals surface area (Å²) in [5.74, 6) is -1.00. The monoisotopic (exact) mass is 166 g/mol. The topological polar surface area (TPSA) is 53.4 Å². The maximum absolute atomic E-state index is 10.6. The second kappa shape index (κ2) is 3.21. The molecule has 0 saturated carbocycles. The molecule has 1 rings (SSSR count). The first-order valence-corrected chi connectivity index (χ1v) is 3.48. The number of carbonyl (C=O) groups is 1. The van der Waals surface area contributed by atoms with Crippen molar-refractivity contribution in [1.82, 2.24) is 4.98 Å². The van der Waals surface area contributed by atoms with Crippen LogP contribution < -0.4 is 4.90 Å². The molecule has 0 bridgehead atoms. The Bertz CT molecular complexity index is 297. The highest BCUT2D eigenvalue weighted by Crippen LogP contribution is 2.14. The molecule has 1 aromatic heterocycles. The molecule has 0 radical (unpaired) electrons. The first-order valence-electron chi connectivity index (χ1n) is 3.48. The quantitative estimate of drug-likeness (QED) is 0.707. The second-order valence-corrected chi connectivity index (χ2v) is 2.57. The summed E-state index contributed by atoms with van der Waals surface area (Å²) in [6.07, 6.45) is 1.47. The van der Waals surface area contributed by atoms with Crippen molar-refractivity contribution < 1.29 is 9.90 Å². The van der Waals surface area contributed by atoms with Gasteiger partial charge in [-0.3, -0.25) is 0 Å². The van der Waals surface area contributed by atoms with Gasteiger partial charge in [0.15, 0.2) is 5.69 Å². The summed E-state index contributed by atoms with van der Waals surface area (Å²) in [4.78, 5) is 16.1. The van der Waals surface area contributed by atoms with Gasteiger partial charge in [-0.1, -0.05) is 0 Å². The molecule has 1 aromatic rings. The Labute approximate surface area is 70.5 Å². The molecule has 0 spiro atoms. The second-order valence-electron chi connectivity index (χ2n) is 2.57. The number of anilines is 1. The molecule has 4 heteroatoms. The maximum atomic E-state index is 10.6. The van der Waals surface area contributed by atoms with E-state index in [0.717, 1.165) is 0 Å². The van der Waals surface area contributed by atoms with Gasteiger partial charge in [0.1, 0.15) is 0 Å². The van der Waals surface area contributed by atoms with Crippen molar-refractivity contribution in [3.63, 3.8) is 0 Å². The van der Waals surface area contributed by atoms with Crippen LogP contribution in [-0.2, 0) is 0 Å². The number of rotatable bonds is 2. The van der Waals surface area contributed by atoms with Crippen LogP contribution in [0.5, 0.6) is 0 Å². The third-order valence-electron chi connectivity index (χ3n) is 1.47. The summed E-state index contributed by atoms with van der Waals surface area (Å²) >= 11 is 0. The van der Waals surface area contributed by atoms with Crippen LogP contribution in [0.3, 0.4) is 0 Å². The van der Waals surface area contributed by atoms with Gasteiger partial charge in [-0.25, -0.2) is 9.78 Å². The third kappa shape index (κ3) is 1.53. The van der Waals surface area contributed by atoms with E-state index in [4.69, 9.17) is 5.11 Å². The van der Waals surface area contributed by atoms with E-state index in [0.29, 0.717) is 5.69 Å². The van der Waals surface area contributed by atoms with Crippen molar-refractivity contribution in [3.8, 4) is 0 Å². The van der Waals surface area contributed by atoms with Crippen LogP contribution in [-0.4, -0.2) is 30.2 Å². The van der Waals surface area contributed by atoms with E-state index in [1.807, 2.05) is 0 Å². The van der Waals surface area contributed by atoms with Crippen LogP contribution in [0, 0.1) is 0 Å². The molecule has 0 atom stereocenters. The molecule has 1 N–H and O–H groups in total. The lowest BCUT2D eigenvalue weighted by molar-refractivity contribution is 0.0691. The number of aromatic carboxylic acids is 1. The van der Waals surface area contributed by atoms with E-state index in [9.17, 15) is 4.79 Å². The number of hydrogen-bond donors (Lipinski definition) is 1. The summed E-state index contributed by atoms with van der Waals surface area (Å²) in [7, 11) is 3.56. The Morgan fingerprint density at radius 1 is 1.58 bits per heavy atom. The van der Waals surface area contributed by atoms with Crippen molar-refractivity contribution in [1.29, 1.82) is 0 Å². The van der Waals surface area contributed by atoms with E-state index < -0.39 is 5.97 Å². The van der Waals surface area contributed by atoms with Crippen LogP contribution in [0.15, 0.2) is 18.3 Å². The van der Waals surface area contributed by atoms with Crippen LogP contribution >= 0.6 is 0 Å².